The molecule has 2 fully saturated rings. The largest absolute Gasteiger partial charge is 0.459 e. The van der Waals surface area contributed by atoms with Gasteiger partial charge in [0.05, 0.1) is 19.0 Å². The van der Waals surface area contributed by atoms with E-state index < -0.39 is 0 Å². The molecule has 0 N–H and O–H groups in total. The van der Waals surface area contributed by atoms with Gasteiger partial charge in [-0.3, -0.25) is 4.79 Å². The topological polar surface area (TPSA) is 81.6 Å². The number of rotatable bonds is 3. The van der Waals surface area contributed by atoms with Crippen molar-refractivity contribution < 1.29 is 18.5 Å². The van der Waals surface area contributed by atoms with E-state index in [1.54, 1.807) is 12.3 Å². The molecule has 2 aromatic heterocycles. The number of likely N-dealkylation sites (tertiary alicyclic amines) is 1. The Labute approximate surface area is 133 Å². The van der Waals surface area contributed by atoms with Crippen LogP contribution in [0.15, 0.2) is 21.3 Å². The SMILES string of the molecule is Cc1noc(C[C@@H]2CO[C@@H]3CN(C(=O)c4occc4C)C[C@H]23)n1. The first-order chi connectivity index (χ1) is 11.1. The van der Waals surface area contributed by atoms with E-state index >= 15 is 0 Å². The Bertz CT molecular complexity index is 722. The zero-order valence-electron chi connectivity index (χ0n) is 13.2. The number of furan rings is 1. The monoisotopic (exact) mass is 317 g/mol. The van der Waals surface area contributed by atoms with Crippen molar-refractivity contribution in [3.63, 3.8) is 0 Å². The molecule has 2 aromatic rings. The van der Waals surface area contributed by atoms with Crippen LogP contribution in [0.2, 0.25) is 0 Å². The van der Waals surface area contributed by atoms with Gasteiger partial charge >= 0.3 is 0 Å². The summed E-state index contributed by atoms with van der Waals surface area (Å²) in [5.74, 6) is 2.26. The van der Waals surface area contributed by atoms with E-state index in [2.05, 4.69) is 10.1 Å². The zero-order chi connectivity index (χ0) is 16.0. The van der Waals surface area contributed by atoms with Crippen LogP contribution >= 0.6 is 0 Å². The highest BCUT2D eigenvalue weighted by molar-refractivity contribution is 5.93. The third kappa shape index (κ3) is 2.55. The molecule has 2 aliphatic heterocycles. The molecule has 23 heavy (non-hydrogen) atoms. The fraction of sp³-hybridized carbons (Fsp3) is 0.562. The Kier molecular flexibility index (Phi) is 3.45. The second-order valence-electron chi connectivity index (χ2n) is 6.38. The number of nitrogens with zero attached hydrogens (tertiary/aromatic N) is 3. The Balaban J connectivity index is 1.45. The lowest BCUT2D eigenvalue weighted by atomic mass is 9.90. The highest BCUT2D eigenvalue weighted by Crippen LogP contribution is 2.36. The van der Waals surface area contributed by atoms with E-state index in [4.69, 9.17) is 13.7 Å². The van der Waals surface area contributed by atoms with E-state index in [1.807, 2.05) is 18.7 Å². The number of aromatic nitrogens is 2. The summed E-state index contributed by atoms with van der Waals surface area (Å²) in [6.07, 6.45) is 2.34. The first kappa shape index (κ1) is 14.4. The van der Waals surface area contributed by atoms with Crippen LogP contribution < -0.4 is 0 Å². The van der Waals surface area contributed by atoms with E-state index in [9.17, 15) is 4.79 Å². The van der Waals surface area contributed by atoms with Crippen molar-refractivity contribution in [1.29, 1.82) is 0 Å². The molecule has 122 valence electrons. The third-order valence-corrected chi connectivity index (χ3v) is 4.79. The number of carbonyl (C=O) groups excluding carboxylic acids is 1. The maximum Gasteiger partial charge on any atom is 0.289 e. The summed E-state index contributed by atoms with van der Waals surface area (Å²) in [6, 6.07) is 1.81. The van der Waals surface area contributed by atoms with Gasteiger partial charge in [0.1, 0.15) is 0 Å². The van der Waals surface area contributed by atoms with Gasteiger partial charge in [-0.2, -0.15) is 4.98 Å². The number of carbonyl (C=O) groups is 1. The molecule has 3 atom stereocenters. The lowest BCUT2D eigenvalue weighted by Gasteiger charge is -2.18. The summed E-state index contributed by atoms with van der Waals surface area (Å²) >= 11 is 0. The van der Waals surface area contributed by atoms with Gasteiger partial charge in [-0.25, -0.2) is 0 Å². The highest BCUT2D eigenvalue weighted by atomic mass is 16.5. The second kappa shape index (κ2) is 5.49. The summed E-state index contributed by atoms with van der Waals surface area (Å²) in [6.45, 7) is 5.66. The highest BCUT2D eigenvalue weighted by Gasteiger charge is 2.46. The van der Waals surface area contributed by atoms with Gasteiger partial charge in [-0.15, -0.1) is 0 Å². The van der Waals surface area contributed by atoms with E-state index in [1.165, 1.54) is 0 Å². The summed E-state index contributed by atoms with van der Waals surface area (Å²) in [4.78, 5) is 18.7. The molecule has 0 radical (unpaired) electrons. The molecule has 2 aliphatic rings. The Morgan fingerprint density at radius 3 is 2.96 bits per heavy atom. The third-order valence-electron chi connectivity index (χ3n) is 4.79. The van der Waals surface area contributed by atoms with Crippen LogP contribution in [0.3, 0.4) is 0 Å². The molecule has 0 unspecified atom stereocenters. The van der Waals surface area contributed by atoms with E-state index in [-0.39, 0.29) is 12.0 Å². The normalized spacial score (nSPS) is 26.7. The molecule has 2 saturated heterocycles. The fourth-order valence-electron chi connectivity index (χ4n) is 3.56. The minimum Gasteiger partial charge on any atom is -0.459 e. The van der Waals surface area contributed by atoms with Crippen molar-refractivity contribution in [2.45, 2.75) is 26.4 Å². The molecule has 0 saturated carbocycles. The van der Waals surface area contributed by atoms with Crippen LogP contribution in [0.25, 0.3) is 0 Å². The van der Waals surface area contributed by atoms with Gasteiger partial charge in [-0.1, -0.05) is 5.16 Å². The van der Waals surface area contributed by atoms with Gasteiger partial charge in [0.2, 0.25) is 5.89 Å². The molecule has 4 heterocycles. The minimum absolute atomic E-state index is 0.0575. The first-order valence-corrected chi connectivity index (χ1v) is 7.86. The van der Waals surface area contributed by atoms with Crippen LogP contribution in [0.4, 0.5) is 0 Å². The van der Waals surface area contributed by atoms with Crippen molar-refractivity contribution in [3.8, 4) is 0 Å². The molecule has 0 aliphatic carbocycles. The molecule has 0 aromatic carbocycles. The maximum atomic E-state index is 12.6. The van der Waals surface area contributed by atoms with Crippen molar-refractivity contribution >= 4 is 5.91 Å². The summed E-state index contributed by atoms with van der Waals surface area (Å²) < 4.78 is 16.4. The predicted octanol–water partition coefficient (Wildman–Crippen LogP) is 1.61. The van der Waals surface area contributed by atoms with Crippen molar-refractivity contribution in [1.82, 2.24) is 15.0 Å². The number of fused-ring (bicyclic) bond motifs is 1. The van der Waals surface area contributed by atoms with Crippen LogP contribution in [-0.2, 0) is 11.2 Å². The van der Waals surface area contributed by atoms with Gasteiger partial charge < -0.3 is 18.6 Å². The Hall–Kier alpha value is -2.15. The number of hydrogen-bond donors (Lipinski definition) is 0. The van der Waals surface area contributed by atoms with Crippen LogP contribution in [-0.4, -0.2) is 46.7 Å². The quantitative estimate of drug-likeness (QED) is 0.855. The molecule has 1 amide bonds. The van der Waals surface area contributed by atoms with E-state index in [0.29, 0.717) is 55.4 Å². The van der Waals surface area contributed by atoms with Crippen LogP contribution in [0.1, 0.15) is 27.8 Å². The predicted molar refractivity (Wildman–Crippen MR) is 78.8 cm³/mol. The molecular weight excluding hydrogens is 298 g/mol. The average Bonchev–Trinajstić information content (AvgIpc) is 3.25. The number of amides is 1. The lowest BCUT2D eigenvalue weighted by molar-refractivity contribution is 0.0649. The Morgan fingerprint density at radius 2 is 2.26 bits per heavy atom. The molecule has 0 bridgehead atoms. The first-order valence-electron chi connectivity index (χ1n) is 7.86. The molecular formula is C16H19N3O4. The van der Waals surface area contributed by atoms with Crippen molar-refractivity contribution in [2.24, 2.45) is 11.8 Å². The lowest BCUT2D eigenvalue weighted by Crippen LogP contribution is -2.31. The standard InChI is InChI=1S/C16H19N3O4/c1-9-3-4-21-15(9)16(20)19-6-12-11(8-22-13(12)7-19)5-14-17-10(2)18-23-14/h3-4,11-13H,5-8H2,1-2H3/t11-,12-,13-/m1/s1. The van der Waals surface area contributed by atoms with Gasteiger partial charge in [0.15, 0.2) is 11.6 Å². The Morgan fingerprint density at radius 1 is 1.39 bits per heavy atom. The zero-order valence-corrected chi connectivity index (χ0v) is 13.2. The molecule has 7 nitrogen and oxygen atoms in total. The van der Waals surface area contributed by atoms with Gasteiger partial charge in [0, 0.05) is 31.0 Å². The van der Waals surface area contributed by atoms with Crippen molar-refractivity contribution in [2.75, 3.05) is 19.7 Å². The molecule has 4 rings (SSSR count). The number of hydrogen-bond acceptors (Lipinski definition) is 6. The van der Waals surface area contributed by atoms with Gasteiger partial charge in [0.25, 0.3) is 5.91 Å². The number of aryl methyl sites for hydroxylation is 2. The summed E-state index contributed by atoms with van der Waals surface area (Å²) in [7, 11) is 0. The van der Waals surface area contributed by atoms with Crippen LogP contribution in [0, 0.1) is 25.7 Å². The maximum absolute atomic E-state index is 12.6. The molecule has 7 heteroatoms. The van der Waals surface area contributed by atoms with E-state index in [0.717, 1.165) is 5.56 Å². The fourth-order valence-corrected chi connectivity index (χ4v) is 3.56. The molecule has 0 spiro atoms. The summed E-state index contributed by atoms with van der Waals surface area (Å²) in [5.41, 5.74) is 0.867. The smallest absolute Gasteiger partial charge is 0.289 e. The van der Waals surface area contributed by atoms with Gasteiger partial charge in [-0.05, 0) is 25.8 Å². The average molecular weight is 317 g/mol. The number of ether oxygens (including phenoxy) is 1. The second-order valence-corrected chi connectivity index (χ2v) is 6.38. The minimum atomic E-state index is -0.0575. The summed E-state index contributed by atoms with van der Waals surface area (Å²) in [5, 5.41) is 3.83. The van der Waals surface area contributed by atoms with Crippen molar-refractivity contribution in [3.05, 3.63) is 35.4 Å². The van der Waals surface area contributed by atoms with Crippen LogP contribution in [0.5, 0.6) is 0 Å².